The SMILES string of the molecule is CCCCCCCCCCCCCCc1ccccc1Oc1ccc([O-])cc1S(=O)(=O)O.[Na+]. The molecule has 2 aromatic carbocycles. The monoisotopic (exact) mass is 484 g/mol. The van der Waals surface area contributed by atoms with E-state index in [2.05, 4.69) is 6.92 Å². The van der Waals surface area contributed by atoms with Gasteiger partial charge in [-0.25, -0.2) is 0 Å². The van der Waals surface area contributed by atoms with Crippen molar-refractivity contribution in [3.8, 4) is 17.2 Å². The third kappa shape index (κ3) is 11.8. The molecule has 0 spiro atoms. The van der Waals surface area contributed by atoms with E-state index in [1.165, 1.54) is 76.3 Å². The van der Waals surface area contributed by atoms with Crippen molar-refractivity contribution in [1.29, 1.82) is 0 Å². The molecule has 0 unspecified atom stereocenters. The van der Waals surface area contributed by atoms with Crippen molar-refractivity contribution < 1.29 is 52.4 Å². The summed E-state index contributed by atoms with van der Waals surface area (Å²) in [6.45, 7) is 2.25. The van der Waals surface area contributed by atoms with E-state index in [9.17, 15) is 18.1 Å². The Morgan fingerprint density at radius 2 is 1.33 bits per heavy atom. The molecule has 0 bridgehead atoms. The third-order valence-corrected chi connectivity index (χ3v) is 6.56. The van der Waals surface area contributed by atoms with Gasteiger partial charge in [0.15, 0.2) is 0 Å². The van der Waals surface area contributed by atoms with E-state index in [4.69, 9.17) is 4.74 Å². The Kier molecular flexibility index (Phi) is 15.0. The standard InChI is InChI=1S/C26H38O5S.Na/c1-2-3-4-5-6-7-8-9-10-11-12-13-16-22-17-14-15-18-24(22)31-25-20-19-23(27)21-26(25)32(28,29)30;/h14-15,17-21,27H,2-13,16H2,1H3,(H,28,29,30);/q;+1/p-1. The van der Waals surface area contributed by atoms with Gasteiger partial charge in [0, 0.05) is 0 Å². The number of rotatable bonds is 16. The van der Waals surface area contributed by atoms with Gasteiger partial charge in [-0.1, -0.05) is 102 Å². The van der Waals surface area contributed by atoms with E-state index in [0.29, 0.717) is 5.75 Å². The van der Waals surface area contributed by atoms with Crippen molar-refractivity contribution in [1.82, 2.24) is 0 Å². The van der Waals surface area contributed by atoms with E-state index in [0.717, 1.165) is 30.9 Å². The van der Waals surface area contributed by atoms with Crippen molar-refractivity contribution >= 4 is 10.1 Å². The molecule has 0 atom stereocenters. The predicted molar refractivity (Wildman–Crippen MR) is 127 cm³/mol. The molecule has 0 aliphatic carbocycles. The molecule has 0 radical (unpaired) electrons. The largest absolute Gasteiger partial charge is 1.00 e. The summed E-state index contributed by atoms with van der Waals surface area (Å²) in [6, 6.07) is 10.9. The van der Waals surface area contributed by atoms with Crippen LogP contribution < -0.4 is 39.4 Å². The second-order valence-corrected chi connectivity index (χ2v) is 9.82. The summed E-state index contributed by atoms with van der Waals surface area (Å²) in [4.78, 5) is -0.509. The minimum absolute atomic E-state index is 0. The van der Waals surface area contributed by atoms with E-state index >= 15 is 0 Å². The maximum absolute atomic E-state index is 11.6. The van der Waals surface area contributed by atoms with Crippen LogP contribution in [-0.4, -0.2) is 13.0 Å². The molecular formula is C26H37NaO5S. The Morgan fingerprint density at radius 3 is 1.91 bits per heavy atom. The molecule has 0 fully saturated rings. The van der Waals surface area contributed by atoms with Crippen molar-refractivity contribution in [2.45, 2.75) is 95.3 Å². The van der Waals surface area contributed by atoms with Crippen LogP contribution in [0.4, 0.5) is 0 Å². The van der Waals surface area contributed by atoms with Crippen LogP contribution in [0.2, 0.25) is 0 Å². The van der Waals surface area contributed by atoms with Gasteiger partial charge in [-0.15, -0.1) is 5.75 Å². The first-order valence-corrected chi connectivity index (χ1v) is 13.4. The molecule has 0 aromatic heterocycles. The van der Waals surface area contributed by atoms with Crippen LogP contribution in [0, 0.1) is 0 Å². The Balaban J connectivity index is 0.00000544. The number of unbranched alkanes of at least 4 members (excludes halogenated alkanes) is 11. The number of para-hydroxylation sites is 1. The first-order chi connectivity index (χ1) is 15.4. The zero-order valence-corrected chi connectivity index (χ0v) is 23.0. The topological polar surface area (TPSA) is 86.7 Å². The molecule has 5 nitrogen and oxygen atoms in total. The van der Waals surface area contributed by atoms with E-state index in [1.54, 1.807) is 6.07 Å². The van der Waals surface area contributed by atoms with Gasteiger partial charge in [-0.05, 0) is 36.6 Å². The van der Waals surface area contributed by atoms with Gasteiger partial charge in [-0.3, -0.25) is 4.55 Å². The molecule has 7 heteroatoms. The fourth-order valence-electron chi connectivity index (χ4n) is 3.86. The number of ether oxygens (including phenoxy) is 1. The second-order valence-electron chi connectivity index (χ2n) is 8.43. The van der Waals surface area contributed by atoms with Crippen LogP contribution in [0.1, 0.15) is 89.5 Å². The average Bonchev–Trinajstić information content (AvgIpc) is 2.76. The molecule has 33 heavy (non-hydrogen) atoms. The summed E-state index contributed by atoms with van der Waals surface area (Å²) in [5, 5.41) is 11.5. The van der Waals surface area contributed by atoms with Gasteiger partial charge >= 0.3 is 29.6 Å². The molecule has 0 aliphatic heterocycles. The summed E-state index contributed by atoms with van der Waals surface area (Å²) in [7, 11) is -4.55. The van der Waals surface area contributed by atoms with Crippen molar-refractivity contribution in [2.75, 3.05) is 0 Å². The Hall–Kier alpha value is -1.05. The molecule has 0 saturated heterocycles. The molecule has 1 N–H and O–H groups in total. The number of benzene rings is 2. The summed E-state index contributed by atoms with van der Waals surface area (Å²) >= 11 is 0. The first-order valence-electron chi connectivity index (χ1n) is 12.0. The fraction of sp³-hybridized carbons (Fsp3) is 0.538. The maximum atomic E-state index is 11.6. The second kappa shape index (κ2) is 16.6. The van der Waals surface area contributed by atoms with Crippen LogP contribution in [0.15, 0.2) is 47.4 Å². The minimum atomic E-state index is -4.55. The van der Waals surface area contributed by atoms with E-state index < -0.39 is 20.8 Å². The van der Waals surface area contributed by atoms with Crippen LogP contribution >= 0.6 is 0 Å². The molecular weight excluding hydrogens is 447 g/mol. The van der Waals surface area contributed by atoms with Crippen molar-refractivity contribution in [3.05, 3.63) is 48.0 Å². The molecule has 178 valence electrons. The Morgan fingerprint density at radius 1 is 0.788 bits per heavy atom. The maximum Gasteiger partial charge on any atom is 1.00 e. The van der Waals surface area contributed by atoms with Crippen LogP contribution in [0.3, 0.4) is 0 Å². The zero-order chi connectivity index (χ0) is 23.2. The van der Waals surface area contributed by atoms with Crippen LogP contribution in [0.5, 0.6) is 17.2 Å². The normalized spacial score (nSPS) is 11.2. The van der Waals surface area contributed by atoms with Gasteiger partial charge < -0.3 is 9.84 Å². The molecule has 2 aromatic rings. The van der Waals surface area contributed by atoms with Gasteiger partial charge in [-0.2, -0.15) is 8.42 Å². The number of aryl methyl sites for hydroxylation is 1. The summed E-state index contributed by atoms with van der Waals surface area (Å²) in [5.41, 5.74) is 0.979. The van der Waals surface area contributed by atoms with Gasteiger partial charge in [0.05, 0.1) is 0 Å². The Labute approximate surface area is 222 Å². The quantitative estimate of drug-likeness (QED) is 0.221. The van der Waals surface area contributed by atoms with Crippen LogP contribution in [0.25, 0.3) is 0 Å². The summed E-state index contributed by atoms with van der Waals surface area (Å²) < 4.78 is 38.5. The van der Waals surface area contributed by atoms with Crippen molar-refractivity contribution in [3.63, 3.8) is 0 Å². The third-order valence-electron chi connectivity index (χ3n) is 5.69. The molecule has 0 heterocycles. The van der Waals surface area contributed by atoms with Crippen molar-refractivity contribution in [2.24, 2.45) is 0 Å². The zero-order valence-electron chi connectivity index (χ0n) is 20.2. The molecule has 0 saturated carbocycles. The van der Waals surface area contributed by atoms with Gasteiger partial charge in [0.2, 0.25) is 0 Å². The minimum Gasteiger partial charge on any atom is -0.872 e. The smallest absolute Gasteiger partial charge is 0.872 e. The fourth-order valence-corrected chi connectivity index (χ4v) is 4.49. The van der Waals surface area contributed by atoms with Crippen LogP contribution in [-0.2, 0) is 16.5 Å². The summed E-state index contributed by atoms with van der Waals surface area (Å²) in [5.74, 6) is -0.0110. The van der Waals surface area contributed by atoms with Gasteiger partial charge in [0.25, 0.3) is 10.1 Å². The molecule has 0 aliphatic rings. The number of hydrogen-bond donors (Lipinski definition) is 1. The Bertz CT molecular complexity index is 915. The predicted octanol–water partition coefficient (Wildman–Crippen LogP) is 4.05. The van der Waals surface area contributed by atoms with Gasteiger partial charge in [0.1, 0.15) is 16.4 Å². The molecule has 2 rings (SSSR count). The number of hydrogen-bond acceptors (Lipinski definition) is 4. The average molecular weight is 485 g/mol. The van der Waals surface area contributed by atoms with E-state index in [-0.39, 0.29) is 35.3 Å². The summed E-state index contributed by atoms with van der Waals surface area (Å²) in [6.07, 6.45) is 16.3. The molecule has 0 amide bonds. The van der Waals surface area contributed by atoms with E-state index in [1.807, 2.05) is 18.2 Å². The first kappa shape index (κ1) is 30.0.